The lowest BCUT2D eigenvalue weighted by atomic mass is 10.1. The summed E-state index contributed by atoms with van der Waals surface area (Å²) in [6.07, 6.45) is 4.20. The Morgan fingerprint density at radius 1 is 0.957 bits per heavy atom. The third-order valence-electron chi connectivity index (χ3n) is 4.60. The van der Waals surface area contributed by atoms with Gasteiger partial charge in [-0.05, 0) is 31.0 Å². The van der Waals surface area contributed by atoms with E-state index in [4.69, 9.17) is 32.4 Å². The lowest BCUT2D eigenvalue weighted by Gasteiger charge is -2.31. The SMILES string of the molecule is Clc1cc(Cl)cc(Oc2cc(N3CCN4CCC3CC4)co2)c1. The Morgan fingerprint density at radius 2 is 1.70 bits per heavy atom. The first kappa shape index (κ1) is 15.2. The zero-order valence-corrected chi connectivity index (χ0v) is 14.2. The van der Waals surface area contributed by atoms with Gasteiger partial charge >= 0.3 is 0 Å². The van der Waals surface area contributed by atoms with Gasteiger partial charge in [0, 0.05) is 48.3 Å². The fraction of sp³-hybridized carbons (Fsp3) is 0.412. The summed E-state index contributed by atoms with van der Waals surface area (Å²) in [5, 5.41) is 1.08. The number of piperidine rings is 1. The van der Waals surface area contributed by atoms with E-state index < -0.39 is 0 Å². The van der Waals surface area contributed by atoms with Crippen molar-refractivity contribution in [2.24, 2.45) is 0 Å². The Bertz CT molecular complexity index is 675. The third-order valence-corrected chi connectivity index (χ3v) is 5.04. The van der Waals surface area contributed by atoms with E-state index in [2.05, 4.69) is 9.80 Å². The minimum absolute atomic E-state index is 0.456. The van der Waals surface area contributed by atoms with E-state index in [9.17, 15) is 0 Å². The fourth-order valence-electron chi connectivity index (χ4n) is 3.44. The molecule has 3 fully saturated rings. The summed E-state index contributed by atoms with van der Waals surface area (Å²) >= 11 is 12.0. The van der Waals surface area contributed by atoms with E-state index >= 15 is 0 Å². The van der Waals surface area contributed by atoms with Crippen LogP contribution in [0.4, 0.5) is 5.69 Å². The van der Waals surface area contributed by atoms with Gasteiger partial charge in [-0.3, -0.25) is 0 Å². The predicted molar refractivity (Wildman–Crippen MR) is 92.1 cm³/mol. The second kappa shape index (κ2) is 6.27. The van der Waals surface area contributed by atoms with Crippen LogP contribution in [0.1, 0.15) is 12.8 Å². The van der Waals surface area contributed by atoms with Crippen LogP contribution in [0.2, 0.25) is 10.0 Å². The largest absolute Gasteiger partial charge is 0.432 e. The maximum absolute atomic E-state index is 6.00. The smallest absolute Gasteiger partial charge is 0.291 e. The molecule has 0 atom stereocenters. The Balaban J connectivity index is 1.52. The summed E-state index contributed by atoms with van der Waals surface area (Å²) in [6.45, 7) is 4.54. The Hall–Kier alpha value is -1.36. The van der Waals surface area contributed by atoms with E-state index in [0.717, 1.165) is 18.8 Å². The quantitative estimate of drug-likeness (QED) is 0.802. The van der Waals surface area contributed by atoms with Crippen LogP contribution < -0.4 is 9.64 Å². The molecule has 5 rings (SSSR count). The molecule has 0 amide bonds. The number of anilines is 1. The van der Waals surface area contributed by atoms with Crippen molar-refractivity contribution >= 4 is 28.9 Å². The van der Waals surface area contributed by atoms with Gasteiger partial charge in [0.1, 0.15) is 12.0 Å². The summed E-state index contributed by atoms with van der Waals surface area (Å²) in [4.78, 5) is 4.97. The molecule has 3 aliphatic heterocycles. The molecule has 3 aliphatic rings. The van der Waals surface area contributed by atoms with E-state index in [-0.39, 0.29) is 0 Å². The molecule has 0 spiro atoms. The molecule has 0 unspecified atom stereocenters. The molecule has 23 heavy (non-hydrogen) atoms. The highest BCUT2D eigenvalue weighted by Gasteiger charge is 2.30. The number of hydrogen-bond donors (Lipinski definition) is 0. The first-order valence-electron chi connectivity index (χ1n) is 7.89. The minimum Gasteiger partial charge on any atom is -0.432 e. The third kappa shape index (κ3) is 3.30. The van der Waals surface area contributed by atoms with Crippen molar-refractivity contribution in [1.29, 1.82) is 0 Å². The van der Waals surface area contributed by atoms with Crippen LogP contribution in [0.25, 0.3) is 0 Å². The number of benzene rings is 1. The van der Waals surface area contributed by atoms with Crippen LogP contribution in [0.5, 0.6) is 11.7 Å². The predicted octanol–water partition coefficient (Wildman–Crippen LogP) is 4.66. The van der Waals surface area contributed by atoms with Crippen LogP contribution in [-0.4, -0.2) is 37.1 Å². The summed E-state index contributed by atoms with van der Waals surface area (Å²) < 4.78 is 11.3. The summed E-state index contributed by atoms with van der Waals surface area (Å²) in [6, 6.07) is 7.65. The molecule has 0 N–H and O–H groups in total. The zero-order valence-electron chi connectivity index (χ0n) is 12.7. The van der Waals surface area contributed by atoms with E-state index in [1.165, 1.54) is 25.9 Å². The fourth-order valence-corrected chi connectivity index (χ4v) is 3.95. The van der Waals surface area contributed by atoms with Crippen molar-refractivity contribution in [2.45, 2.75) is 18.9 Å². The van der Waals surface area contributed by atoms with Crippen molar-refractivity contribution in [1.82, 2.24) is 4.90 Å². The number of hydrogen-bond acceptors (Lipinski definition) is 4. The van der Waals surface area contributed by atoms with Gasteiger partial charge in [0.05, 0.1) is 5.69 Å². The van der Waals surface area contributed by atoms with Gasteiger partial charge in [-0.25, -0.2) is 0 Å². The number of furan rings is 1. The van der Waals surface area contributed by atoms with Crippen molar-refractivity contribution < 1.29 is 9.15 Å². The Labute approximate surface area is 145 Å². The molecule has 6 heteroatoms. The van der Waals surface area contributed by atoms with Crippen molar-refractivity contribution in [3.8, 4) is 11.7 Å². The van der Waals surface area contributed by atoms with Gasteiger partial charge in [-0.2, -0.15) is 0 Å². The average molecular weight is 353 g/mol. The number of nitrogens with zero attached hydrogens (tertiary/aromatic N) is 2. The topological polar surface area (TPSA) is 28.9 Å². The molecule has 0 radical (unpaired) electrons. The van der Waals surface area contributed by atoms with Gasteiger partial charge < -0.3 is 19.0 Å². The van der Waals surface area contributed by atoms with Gasteiger partial charge in [-0.15, -0.1) is 0 Å². The standard InChI is InChI=1S/C17H18Cl2N2O2/c18-12-7-13(19)9-16(8-12)23-17-10-15(11-22-17)21-6-5-20-3-1-14(21)2-4-20/h7-11,14H,1-6H2. The molecule has 2 aromatic rings. The van der Waals surface area contributed by atoms with Crippen LogP contribution in [0, 0.1) is 0 Å². The number of halogens is 2. The van der Waals surface area contributed by atoms with E-state index in [1.807, 2.05) is 6.07 Å². The highest BCUT2D eigenvalue weighted by Crippen LogP contribution is 2.34. The Morgan fingerprint density at radius 3 is 2.43 bits per heavy atom. The first-order valence-corrected chi connectivity index (χ1v) is 8.64. The van der Waals surface area contributed by atoms with Crippen LogP contribution >= 0.6 is 23.2 Å². The van der Waals surface area contributed by atoms with Crippen LogP contribution in [0.15, 0.2) is 34.9 Å². The summed E-state index contributed by atoms with van der Waals surface area (Å²) in [7, 11) is 0. The number of rotatable bonds is 3. The second-order valence-electron chi connectivity index (χ2n) is 6.10. The molecule has 122 valence electrons. The number of fused-ring (bicyclic) bond motifs is 4. The maximum atomic E-state index is 6.00. The van der Waals surface area contributed by atoms with Gasteiger partial charge in [0.25, 0.3) is 5.95 Å². The van der Waals surface area contributed by atoms with Gasteiger partial charge in [0.15, 0.2) is 0 Å². The van der Waals surface area contributed by atoms with E-state index in [1.54, 1.807) is 24.5 Å². The second-order valence-corrected chi connectivity index (χ2v) is 6.97. The van der Waals surface area contributed by atoms with Crippen LogP contribution in [0.3, 0.4) is 0 Å². The molecule has 4 nitrogen and oxygen atoms in total. The molecule has 0 aliphatic carbocycles. The van der Waals surface area contributed by atoms with Gasteiger partial charge in [-0.1, -0.05) is 23.2 Å². The number of ether oxygens (including phenoxy) is 1. The Kier molecular flexibility index (Phi) is 4.14. The normalized spacial score (nSPS) is 23.8. The lowest BCUT2D eigenvalue weighted by Crippen LogP contribution is -2.37. The molecule has 4 heterocycles. The molecule has 1 aromatic carbocycles. The molecule has 0 saturated carbocycles. The minimum atomic E-state index is 0.456. The van der Waals surface area contributed by atoms with E-state index in [0.29, 0.717) is 27.8 Å². The average Bonchev–Trinajstić information content (AvgIpc) is 2.76. The zero-order chi connectivity index (χ0) is 15.8. The van der Waals surface area contributed by atoms with Crippen molar-refractivity contribution in [3.63, 3.8) is 0 Å². The molecule has 2 bridgehead atoms. The highest BCUT2D eigenvalue weighted by atomic mass is 35.5. The monoisotopic (exact) mass is 352 g/mol. The summed E-state index contributed by atoms with van der Waals surface area (Å²) in [5.41, 5.74) is 1.09. The molecular weight excluding hydrogens is 335 g/mol. The van der Waals surface area contributed by atoms with Crippen molar-refractivity contribution in [3.05, 3.63) is 40.6 Å². The summed E-state index contributed by atoms with van der Waals surface area (Å²) in [5.74, 6) is 1.03. The van der Waals surface area contributed by atoms with Crippen molar-refractivity contribution in [2.75, 3.05) is 31.1 Å². The van der Waals surface area contributed by atoms with Gasteiger partial charge in [0.2, 0.25) is 0 Å². The van der Waals surface area contributed by atoms with Crippen LogP contribution in [-0.2, 0) is 0 Å². The molecule has 3 saturated heterocycles. The molecular formula is C17H18Cl2N2O2. The lowest BCUT2D eigenvalue weighted by molar-refractivity contribution is 0.250. The maximum Gasteiger partial charge on any atom is 0.291 e. The first-order chi connectivity index (χ1) is 11.2. The highest BCUT2D eigenvalue weighted by molar-refractivity contribution is 6.34. The molecule has 1 aromatic heterocycles.